The standard InChI is InChI=1S/C20H28ClN3OS/c1-20(2,3)18(25)22-15-11-16-8-5-9-17(12-15)24(16)19(26)23-14-7-4-6-13(21)10-14/h4,6-7,10,15-17H,5,8-9,11-12H2,1-3H3,(H,22,25)(H,23,26)/t16-,17-/m1/s1. The highest BCUT2D eigenvalue weighted by Crippen LogP contribution is 2.35. The van der Waals surface area contributed by atoms with Crippen LogP contribution in [0.25, 0.3) is 0 Å². The summed E-state index contributed by atoms with van der Waals surface area (Å²) in [5.74, 6) is 0.133. The third kappa shape index (κ3) is 4.49. The van der Waals surface area contributed by atoms with E-state index in [0.717, 1.165) is 36.5 Å². The summed E-state index contributed by atoms with van der Waals surface area (Å²) in [6.45, 7) is 5.88. The molecule has 1 aromatic rings. The zero-order valence-corrected chi connectivity index (χ0v) is 17.3. The Balaban J connectivity index is 1.67. The number of fused-ring (bicyclic) bond motifs is 2. The summed E-state index contributed by atoms with van der Waals surface area (Å²) >= 11 is 11.8. The Hall–Kier alpha value is -1.33. The van der Waals surface area contributed by atoms with E-state index in [-0.39, 0.29) is 17.4 Å². The van der Waals surface area contributed by atoms with Crippen LogP contribution < -0.4 is 10.6 Å². The van der Waals surface area contributed by atoms with Crippen molar-refractivity contribution in [2.45, 2.75) is 71.0 Å². The largest absolute Gasteiger partial charge is 0.353 e. The van der Waals surface area contributed by atoms with Gasteiger partial charge in [-0.1, -0.05) is 38.4 Å². The van der Waals surface area contributed by atoms with Crippen molar-refractivity contribution < 1.29 is 4.79 Å². The summed E-state index contributed by atoms with van der Waals surface area (Å²) in [4.78, 5) is 14.7. The van der Waals surface area contributed by atoms with E-state index in [9.17, 15) is 4.79 Å². The molecule has 2 saturated heterocycles. The maximum Gasteiger partial charge on any atom is 0.225 e. The number of carbonyl (C=O) groups is 1. The molecule has 2 bridgehead atoms. The van der Waals surface area contributed by atoms with Gasteiger partial charge in [-0.15, -0.1) is 0 Å². The molecule has 2 fully saturated rings. The van der Waals surface area contributed by atoms with Crippen molar-refractivity contribution >= 4 is 40.5 Å². The van der Waals surface area contributed by atoms with Crippen molar-refractivity contribution in [3.05, 3.63) is 29.3 Å². The van der Waals surface area contributed by atoms with Crippen LogP contribution in [0.5, 0.6) is 0 Å². The van der Waals surface area contributed by atoms with Crippen molar-refractivity contribution in [1.82, 2.24) is 10.2 Å². The second-order valence-electron chi connectivity index (χ2n) is 8.48. The molecule has 2 aliphatic heterocycles. The first-order valence-corrected chi connectivity index (χ1v) is 10.2. The predicted molar refractivity (Wildman–Crippen MR) is 112 cm³/mol. The van der Waals surface area contributed by atoms with Crippen LogP contribution in [0.2, 0.25) is 5.02 Å². The number of rotatable bonds is 2. The minimum atomic E-state index is -0.352. The van der Waals surface area contributed by atoms with E-state index in [1.165, 1.54) is 6.42 Å². The molecule has 2 heterocycles. The minimum absolute atomic E-state index is 0.133. The maximum atomic E-state index is 12.4. The number of nitrogens with one attached hydrogen (secondary N) is 2. The molecule has 6 heteroatoms. The molecule has 2 aliphatic rings. The van der Waals surface area contributed by atoms with Crippen LogP contribution in [0.1, 0.15) is 52.9 Å². The third-order valence-corrected chi connectivity index (χ3v) is 5.85. The maximum absolute atomic E-state index is 12.4. The lowest BCUT2D eigenvalue weighted by molar-refractivity contribution is -0.129. The molecule has 1 amide bonds. The van der Waals surface area contributed by atoms with Gasteiger partial charge in [0.15, 0.2) is 5.11 Å². The molecule has 4 nitrogen and oxygen atoms in total. The highest BCUT2D eigenvalue weighted by atomic mass is 35.5. The second-order valence-corrected chi connectivity index (χ2v) is 9.30. The summed E-state index contributed by atoms with van der Waals surface area (Å²) in [5, 5.41) is 8.07. The van der Waals surface area contributed by atoms with E-state index >= 15 is 0 Å². The second kappa shape index (κ2) is 7.73. The van der Waals surface area contributed by atoms with Crippen LogP contribution in [0.3, 0.4) is 0 Å². The normalized spacial score (nSPS) is 25.5. The number of halogens is 1. The van der Waals surface area contributed by atoms with Crippen molar-refractivity contribution in [1.29, 1.82) is 0 Å². The number of hydrogen-bond acceptors (Lipinski definition) is 2. The first-order chi connectivity index (χ1) is 12.2. The molecule has 0 radical (unpaired) electrons. The number of benzene rings is 1. The van der Waals surface area contributed by atoms with E-state index in [1.807, 2.05) is 45.0 Å². The van der Waals surface area contributed by atoms with Gasteiger partial charge in [-0.3, -0.25) is 4.79 Å². The summed E-state index contributed by atoms with van der Waals surface area (Å²) in [6, 6.07) is 8.64. The average molecular weight is 394 g/mol. The Kier molecular flexibility index (Phi) is 5.78. The first-order valence-electron chi connectivity index (χ1n) is 9.40. The van der Waals surface area contributed by atoms with Gasteiger partial charge in [-0.05, 0) is 62.5 Å². The van der Waals surface area contributed by atoms with Gasteiger partial charge in [0.05, 0.1) is 0 Å². The number of piperidine rings is 2. The van der Waals surface area contributed by atoms with Gasteiger partial charge in [-0.25, -0.2) is 0 Å². The molecule has 0 saturated carbocycles. The number of nitrogens with zero attached hydrogens (tertiary/aromatic N) is 1. The summed E-state index contributed by atoms with van der Waals surface area (Å²) in [5.41, 5.74) is 0.569. The van der Waals surface area contributed by atoms with E-state index < -0.39 is 0 Å². The van der Waals surface area contributed by atoms with Gasteiger partial charge in [-0.2, -0.15) is 0 Å². The summed E-state index contributed by atoms with van der Waals surface area (Å²) in [6.07, 6.45) is 5.38. The Bertz CT molecular complexity index is 674. The van der Waals surface area contributed by atoms with E-state index in [2.05, 4.69) is 15.5 Å². The third-order valence-electron chi connectivity index (χ3n) is 5.30. The predicted octanol–water partition coefficient (Wildman–Crippen LogP) is 4.58. The lowest BCUT2D eigenvalue weighted by atomic mass is 9.81. The molecule has 0 aliphatic carbocycles. The van der Waals surface area contributed by atoms with Gasteiger partial charge in [0.25, 0.3) is 0 Å². The van der Waals surface area contributed by atoms with E-state index in [4.69, 9.17) is 23.8 Å². The Morgan fingerprint density at radius 2 is 1.88 bits per heavy atom. The molecule has 1 aromatic carbocycles. The highest BCUT2D eigenvalue weighted by Gasteiger charge is 2.40. The topological polar surface area (TPSA) is 44.4 Å². The van der Waals surface area contributed by atoms with Gasteiger partial charge < -0.3 is 15.5 Å². The lowest BCUT2D eigenvalue weighted by Crippen LogP contribution is -2.60. The number of thiocarbonyl (C=S) groups is 1. The smallest absolute Gasteiger partial charge is 0.225 e. The molecule has 0 aromatic heterocycles. The average Bonchev–Trinajstić information content (AvgIpc) is 2.53. The minimum Gasteiger partial charge on any atom is -0.353 e. The molecule has 142 valence electrons. The SMILES string of the molecule is CC(C)(C)C(=O)NC1C[C@H]2CCC[C@H](C1)N2C(=S)Nc1cccc(Cl)c1. The van der Waals surface area contributed by atoms with Gasteiger partial charge in [0, 0.05) is 34.3 Å². The van der Waals surface area contributed by atoms with Gasteiger partial charge in [0.2, 0.25) is 5.91 Å². The molecule has 2 atom stereocenters. The monoisotopic (exact) mass is 393 g/mol. The Morgan fingerprint density at radius 1 is 1.23 bits per heavy atom. The number of hydrogen-bond donors (Lipinski definition) is 2. The number of amides is 1. The Morgan fingerprint density at radius 3 is 2.46 bits per heavy atom. The molecule has 2 N–H and O–H groups in total. The molecule has 0 spiro atoms. The van der Waals surface area contributed by atoms with Crippen LogP contribution in [0, 0.1) is 5.41 Å². The zero-order valence-electron chi connectivity index (χ0n) is 15.7. The fraction of sp³-hybridized carbons (Fsp3) is 0.600. The van der Waals surface area contributed by atoms with Crippen LogP contribution in [0.4, 0.5) is 5.69 Å². The molecular weight excluding hydrogens is 366 g/mol. The summed E-state index contributed by atoms with van der Waals surface area (Å²) < 4.78 is 0. The quantitative estimate of drug-likeness (QED) is 0.721. The Labute approximate surface area is 166 Å². The van der Waals surface area contributed by atoms with Crippen LogP contribution in [-0.2, 0) is 4.79 Å². The first kappa shape index (κ1) is 19.4. The lowest BCUT2D eigenvalue weighted by Gasteiger charge is -2.50. The fourth-order valence-electron chi connectivity index (χ4n) is 3.99. The molecule has 0 unspecified atom stereocenters. The van der Waals surface area contributed by atoms with E-state index in [1.54, 1.807) is 0 Å². The van der Waals surface area contributed by atoms with Crippen LogP contribution in [-0.4, -0.2) is 34.0 Å². The zero-order chi connectivity index (χ0) is 18.9. The van der Waals surface area contributed by atoms with Gasteiger partial charge in [0.1, 0.15) is 0 Å². The fourth-order valence-corrected chi connectivity index (χ4v) is 4.59. The highest BCUT2D eigenvalue weighted by molar-refractivity contribution is 7.80. The van der Waals surface area contributed by atoms with Gasteiger partial charge >= 0.3 is 0 Å². The molecule has 3 rings (SSSR count). The van der Waals surface area contributed by atoms with Crippen LogP contribution in [0.15, 0.2) is 24.3 Å². The number of anilines is 1. The van der Waals surface area contributed by atoms with Crippen molar-refractivity contribution in [3.63, 3.8) is 0 Å². The van der Waals surface area contributed by atoms with Crippen molar-refractivity contribution in [2.24, 2.45) is 5.41 Å². The van der Waals surface area contributed by atoms with Crippen molar-refractivity contribution in [2.75, 3.05) is 5.32 Å². The van der Waals surface area contributed by atoms with Crippen LogP contribution >= 0.6 is 23.8 Å². The summed E-state index contributed by atoms with van der Waals surface area (Å²) in [7, 11) is 0. The number of carbonyl (C=O) groups excluding carboxylic acids is 1. The van der Waals surface area contributed by atoms with E-state index in [0.29, 0.717) is 17.1 Å². The molecule has 26 heavy (non-hydrogen) atoms. The molecular formula is C20H28ClN3OS. The van der Waals surface area contributed by atoms with Crippen molar-refractivity contribution in [3.8, 4) is 0 Å².